The van der Waals surface area contributed by atoms with Crippen LogP contribution in [0.15, 0.2) is 12.1 Å². The maximum absolute atomic E-state index is 6.22. The lowest BCUT2D eigenvalue weighted by atomic mass is 9.86. The maximum atomic E-state index is 6.22. The third-order valence-electron chi connectivity index (χ3n) is 3.14. The largest absolute Gasteiger partial charge is 0.351 e. The number of tetrazole rings is 1. The summed E-state index contributed by atoms with van der Waals surface area (Å²) in [5.74, 6) is 0.877. The molecule has 0 atom stereocenters. The predicted molar refractivity (Wildman–Crippen MR) is 62.6 cm³/mol. The average molecular weight is 233 g/mol. The highest BCUT2D eigenvalue weighted by Gasteiger charge is 2.39. The van der Waals surface area contributed by atoms with Crippen LogP contribution >= 0.6 is 0 Å². The molecule has 0 radical (unpaired) electrons. The summed E-state index contributed by atoms with van der Waals surface area (Å²) in [5, 5.41) is 15.5. The molecule has 3 heterocycles. The van der Waals surface area contributed by atoms with Gasteiger partial charge in [-0.1, -0.05) is 13.3 Å². The third-order valence-corrected chi connectivity index (χ3v) is 3.14. The molecule has 2 aromatic rings. The molecule has 1 aliphatic rings. The van der Waals surface area contributed by atoms with Crippen LogP contribution in [-0.2, 0) is 0 Å². The van der Waals surface area contributed by atoms with Crippen molar-refractivity contribution in [2.45, 2.75) is 25.3 Å². The summed E-state index contributed by atoms with van der Waals surface area (Å²) < 4.78 is 1.44. The predicted octanol–water partition coefficient (Wildman–Crippen LogP) is -0.163. The fourth-order valence-corrected chi connectivity index (χ4v) is 2.34. The van der Waals surface area contributed by atoms with Gasteiger partial charge in [0.2, 0.25) is 0 Å². The standard InChI is InChI=1S/C10H15N7/c1-2-5-10(11)6-16(7-10)9-4-3-8-12-14-15-17(8)13-9/h3-4H,2,5-7,11H2,1H3. The van der Waals surface area contributed by atoms with Crippen molar-refractivity contribution in [3.63, 3.8) is 0 Å². The smallest absolute Gasteiger partial charge is 0.200 e. The molecule has 0 unspecified atom stereocenters. The Balaban J connectivity index is 1.78. The lowest BCUT2D eigenvalue weighted by Gasteiger charge is -2.48. The van der Waals surface area contributed by atoms with Crippen LogP contribution in [0.25, 0.3) is 5.65 Å². The van der Waals surface area contributed by atoms with E-state index in [0.29, 0.717) is 5.65 Å². The van der Waals surface area contributed by atoms with Crippen LogP contribution in [-0.4, -0.2) is 43.9 Å². The number of nitrogens with zero attached hydrogens (tertiary/aromatic N) is 6. The Morgan fingerprint density at radius 1 is 1.41 bits per heavy atom. The molecule has 0 aromatic carbocycles. The summed E-state index contributed by atoms with van der Waals surface area (Å²) in [6.07, 6.45) is 2.17. The van der Waals surface area contributed by atoms with Gasteiger partial charge in [0.05, 0.1) is 5.54 Å². The van der Waals surface area contributed by atoms with E-state index in [4.69, 9.17) is 5.73 Å². The zero-order chi connectivity index (χ0) is 11.9. The Kier molecular flexibility index (Phi) is 2.22. The normalized spacial score (nSPS) is 18.4. The molecule has 90 valence electrons. The van der Waals surface area contributed by atoms with E-state index < -0.39 is 0 Å². The van der Waals surface area contributed by atoms with E-state index in [0.717, 1.165) is 31.7 Å². The molecule has 1 saturated heterocycles. The summed E-state index contributed by atoms with van der Waals surface area (Å²) >= 11 is 0. The van der Waals surface area contributed by atoms with Crippen molar-refractivity contribution < 1.29 is 0 Å². The Bertz CT molecular complexity index is 528. The first-order valence-electron chi connectivity index (χ1n) is 5.79. The van der Waals surface area contributed by atoms with Crippen molar-refractivity contribution in [3.8, 4) is 0 Å². The minimum atomic E-state index is -0.0496. The van der Waals surface area contributed by atoms with Crippen LogP contribution in [0.4, 0.5) is 5.82 Å². The number of rotatable bonds is 3. The molecule has 7 heteroatoms. The molecule has 0 aliphatic carbocycles. The number of aromatic nitrogens is 5. The van der Waals surface area contributed by atoms with Gasteiger partial charge in [-0.05, 0) is 29.0 Å². The molecular weight excluding hydrogens is 218 g/mol. The van der Waals surface area contributed by atoms with Crippen molar-refractivity contribution in [3.05, 3.63) is 12.1 Å². The van der Waals surface area contributed by atoms with Crippen molar-refractivity contribution in [2.24, 2.45) is 5.73 Å². The van der Waals surface area contributed by atoms with Crippen molar-refractivity contribution in [1.82, 2.24) is 25.3 Å². The highest BCUT2D eigenvalue weighted by molar-refractivity contribution is 5.47. The lowest BCUT2D eigenvalue weighted by molar-refractivity contribution is 0.305. The zero-order valence-corrected chi connectivity index (χ0v) is 9.74. The van der Waals surface area contributed by atoms with Gasteiger partial charge in [-0.25, -0.2) is 0 Å². The van der Waals surface area contributed by atoms with Crippen LogP contribution in [0.5, 0.6) is 0 Å². The minimum Gasteiger partial charge on any atom is -0.351 e. The number of fused-ring (bicyclic) bond motifs is 1. The number of nitrogens with two attached hydrogens (primary N) is 1. The lowest BCUT2D eigenvalue weighted by Crippen LogP contribution is -2.67. The van der Waals surface area contributed by atoms with E-state index in [1.54, 1.807) is 0 Å². The van der Waals surface area contributed by atoms with Gasteiger partial charge in [-0.15, -0.1) is 14.8 Å². The Morgan fingerprint density at radius 2 is 2.24 bits per heavy atom. The van der Waals surface area contributed by atoms with Crippen molar-refractivity contribution >= 4 is 11.5 Å². The molecule has 0 bridgehead atoms. The number of anilines is 1. The molecule has 2 N–H and O–H groups in total. The minimum absolute atomic E-state index is 0.0496. The van der Waals surface area contributed by atoms with Gasteiger partial charge in [0.1, 0.15) is 0 Å². The Hall–Kier alpha value is -1.76. The van der Waals surface area contributed by atoms with Crippen LogP contribution in [0.2, 0.25) is 0 Å². The van der Waals surface area contributed by atoms with Gasteiger partial charge in [0.15, 0.2) is 11.5 Å². The fourth-order valence-electron chi connectivity index (χ4n) is 2.34. The molecule has 1 fully saturated rings. The molecule has 0 saturated carbocycles. The van der Waals surface area contributed by atoms with Gasteiger partial charge in [0.25, 0.3) is 0 Å². The highest BCUT2D eigenvalue weighted by atomic mass is 15.6. The summed E-state index contributed by atoms with van der Waals surface area (Å²) in [5.41, 5.74) is 6.82. The molecule has 0 amide bonds. The van der Waals surface area contributed by atoms with E-state index in [-0.39, 0.29) is 5.54 Å². The van der Waals surface area contributed by atoms with Gasteiger partial charge in [-0.3, -0.25) is 0 Å². The van der Waals surface area contributed by atoms with Gasteiger partial charge in [-0.2, -0.15) is 0 Å². The Labute approximate surface area is 98.6 Å². The zero-order valence-electron chi connectivity index (χ0n) is 9.74. The molecule has 3 rings (SSSR count). The molecule has 0 spiro atoms. The topological polar surface area (TPSA) is 85.2 Å². The molecule has 17 heavy (non-hydrogen) atoms. The monoisotopic (exact) mass is 233 g/mol. The second-order valence-corrected chi connectivity index (χ2v) is 4.69. The van der Waals surface area contributed by atoms with Crippen LogP contribution in [0.3, 0.4) is 0 Å². The SMILES string of the molecule is CCCC1(N)CN(c2ccc3nnnn3n2)C1. The first-order chi connectivity index (χ1) is 8.20. The van der Waals surface area contributed by atoms with Crippen LogP contribution in [0, 0.1) is 0 Å². The molecule has 2 aromatic heterocycles. The first kappa shape index (κ1) is 10.4. The fraction of sp³-hybridized carbons (Fsp3) is 0.600. The maximum Gasteiger partial charge on any atom is 0.200 e. The van der Waals surface area contributed by atoms with Crippen LogP contribution in [0.1, 0.15) is 19.8 Å². The van der Waals surface area contributed by atoms with E-state index in [1.165, 1.54) is 4.63 Å². The van der Waals surface area contributed by atoms with Gasteiger partial charge in [0, 0.05) is 13.1 Å². The van der Waals surface area contributed by atoms with Crippen LogP contribution < -0.4 is 10.6 Å². The Morgan fingerprint density at radius 3 is 3.00 bits per heavy atom. The summed E-state index contributed by atoms with van der Waals surface area (Å²) in [4.78, 5) is 2.15. The van der Waals surface area contributed by atoms with Crippen molar-refractivity contribution in [2.75, 3.05) is 18.0 Å². The van der Waals surface area contributed by atoms with E-state index >= 15 is 0 Å². The summed E-state index contributed by atoms with van der Waals surface area (Å²) in [7, 11) is 0. The first-order valence-corrected chi connectivity index (χ1v) is 5.79. The van der Waals surface area contributed by atoms with Gasteiger partial charge >= 0.3 is 0 Å². The molecular formula is C10H15N7. The summed E-state index contributed by atoms with van der Waals surface area (Å²) in [6, 6.07) is 3.79. The number of hydrogen-bond donors (Lipinski definition) is 1. The second kappa shape index (κ2) is 3.63. The molecule has 7 nitrogen and oxygen atoms in total. The van der Waals surface area contributed by atoms with E-state index in [9.17, 15) is 0 Å². The summed E-state index contributed by atoms with van der Waals surface area (Å²) in [6.45, 7) is 3.85. The van der Waals surface area contributed by atoms with Crippen molar-refractivity contribution in [1.29, 1.82) is 0 Å². The van der Waals surface area contributed by atoms with Gasteiger partial charge < -0.3 is 10.6 Å². The highest BCUT2D eigenvalue weighted by Crippen LogP contribution is 2.27. The van der Waals surface area contributed by atoms with E-state index in [2.05, 4.69) is 32.4 Å². The van der Waals surface area contributed by atoms with E-state index in [1.807, 2.05) is 12.1 Å². The quantitative estimate of drug-likeness (QED) is 0.792. The second-order valence-electron chi connectivity index (χ2n) is 4.69. The third kappa shape index (κ3) is 1.72. The average Bonchev–Trinajstić information content (AvgIpc) is 2.72. The number of hydrogen-bond acceptors (Lipinski definition) is 6. The molecule has 1 aliphatic heterocycles.